The minimum atomic E-state index is -4.37. The highest BCUT2D eigenvalue weighted by molar-refractivity contribution is 5.86. The fourth-order valence-corrected chi connectivity index (χ4v) is 3.18. The maximum absolute atomic E-state index is 12.8. The molecule has 0 heterocycles. The van der Waals surface area contributed by atoms with E-state index in [9.17, 15) is 18.0 Å². The zero-order valence-electron chi connectivity index (χ0n) is 14.9. The van der Waals surface area contributed by atoms with Crippen molar-refractivity contribution in [2.45, 2.75) is 32.0 Å². The molecule has 1 atom stereocenters. The molecule has 5 heteroatoms. The van der Waals surface area contributed by atoms with Crippen molar-refractivity contribution in [3.8, 4) is 0 Å². The summed E-state index contributed by atoms with van der Waals surface area (Å²) in [6.07, 6.45) is -3.98. The van der Waals surface area contributed by atoms with Crippen molar-refractivity contribution in [2.75, 3.05) is 0 Å². The first-order valence-corrected chi connectivity index (χ1v) is 8.78. The predicted octanol–water partition coefficient (Wildman–Crippen LogP) is 5.67. The molecule has 1 N–H and O–H groups in total. The molecule has 1 amide bonds. The summed E-state index contributed by atoms with van der Waals surface area (Å²) in [5.74, 6) is -0.187. The Morgan fingerprint density at radius 2 is 1.70 bits per heavy atom. The molecule has 2 nitrogen and oxygen atoms in total. The second kappa shape index (κ2) is 7.82. The second-order valence-corrected chi connectivity index (χ2v) is 6.56. The summed E-state index contributed by atoms with van der Waals surface area (Å²) in [5, 5.41) is 5.11. The standard InChI is InChI=1S/C22H20F3NO/c1-15(19-11-5-8-17-7-2-3-10-20(17)19)26-21(27)13-12-16-6-4-9-18(14-16)22(23,24)25/h2-11,14-15H,12-13H2,1H3,(H,26,27)/t15-/m1/s1. The minimum absolute atomic E-state index is 0.135. The van der Waals surface area contributed by atoms with E-state index < -0.39 is 11.7 Å². The van der Waals surface area contributed by atoms with Crippen molar-refractivity contribution in [1.29, 1.82) is 0 Å². The second-order valence-electron chi connectivity index (χ2n) is 6.56. The number of carbonyl (C=O) groups is 1. The lowest BCUT2D eigenvalue weighted by atomic mass is 9.99. The normalized spacial score (nSPS) is 12.7. The van der Waals surface area contributed by atoms with E-state index in [-0.39, 0.29) is 24.8 Å². The average molecular weight is 371 g/mol. The quantitative estimate of drug-likeness (QED) is 0.615. The van der Waals surface area contributed by atoms with Gasteiger partial charge in [0.1, 0.15) is 0 Å². The summed E-state index contributed by atoms with van der Waals surface area (Å²) in [5.41, 5.74) is 0.822. The van der Waals surface area contributed by atoms with Gasteiger partial charge in [0.15, 0.2) is 0 Å². The Hall–Kier alpha value is -2.82. The number of rotatable bonds is 5. The van der Waals surface area contributed by atoms with Gasteiger partial charge in [0.2, 0.25) is 5.91 Å². The maximum atomic E-state index is 12.8. The zero-order chi connectivity index (χ0) is 19.4. The van der Waals surface area contributed by atoms with Gasteiger partial charge >= 0.3 is 6.18 Å². The Morgan fingerprint density at radius 3 is 2.48 bits per heavy atom. The summed E-state index contributed by atoms with van der Waals surface area (Å²) < 4.78 is 38.3. The van der Waals surface area contributed by atoms with Crippen LogP contribution in [0, 0.1) is 0 Å². The molecule has 3 aromatic carbocycles. The highest BCUT2D eigenvalue weighted by Gasteiger charge is 2.30. The van der Waals surface area contributed by atoms with E-state index in [1.54, 1.807) is 6.07 Å². The van der Waals surface area contributed by atoms with Crippen molar-refractivity contribution in [2.24, 2.45) is 0 Å². The third kappa shape index (κ3) is 4.67. The number of hydrogen-bond donors (Lipinski definition) is 1. The molecule has 0 bridgehead atoms. The van der Waals surface area contributed by atoms with Gasteiger partial charge in [-0.2, -0.15) is 13.2 Å². The van der Waals surface area contributed by atoms with Gasteiger partial charge in [0.05, 0.1) is 11.6 Å². The lowest BCUT2D eigenvalue weighted by Crippen LogP contribution is -2.27. The highest BCUT2D eigenvalue weighted by Crippen LogP contribution is 2.30. The zero-order valence-corrected chi connectivity index (χ0v) is 14.9. The van der Waals surface area contributed by atoms with Crippen LogP contribution >= 0.6 is 0 Å². The lowest BCUT2D eigenvalue weighted by Gasteiger charge is -2.17. The predicted molar refractivity (Wildman–Crippen MR) is 100 cm³/mol. The number of hydrogen-bond acceptors (Lipinski definition) is 1. The Balaban J connectivity index is 1.64. The molecule has 0 aromatic heterocycles. The molecule has 0 unspecified atom stereocenters. The van der Waals surface area contributed by atoms with Gasteiger partial charge in [0, 0.05) is 6.42 Å². The highest BCUT2D eigenvalue weighted by atomic mass is 19.4. The Labute approximate surface area is 156 Å². The first kappa shape index (κ1) is 19.0. The van der Waals surface area contributed by atoms with Crippen LogP contribution < -0.4 is 5.32 Å². The third-order valence-electron chi connectivity index (χ3n) is 4.56. The van der Waals surface area contributed by atoms with E-state index in [1.165, 1.54) is 6.07 Å². The van der Waals surface area contributed by atoms with Gasteiger partial charge in [-0.1, -0.05) is 60.7 Å². The molecule has 0 saturated heterocycles. The molecule has 0 aliphatic rings. The number of fused-ring (bicyclic) bond motifs is 1. The minimum Gasteiger partial charge on any atom is -0.350 e. The van der Waals surface area contributed by atoms with Crippen LogP contribution in [0.1, 0.15) is 36.1 Å². The van der Waals surface area contributed by atoms with Crippen LogP contribution in [0.3, 0.4) is 0 Å². The molecule has 140 valence electrons. The van der Waals surface area contributed by atoms with Crippen molar-refractivity contribution in [3.05, 3.63) is 83.4 Å². The smallest absolute Gasteiger partial charge is 0.350 e. The fourth-order valence-electron chi connectivity index (χ4n) is 3.18. The van der Waals surface area contributed by atoms with Crippen LogP contribution in [0.2, 0.25) is 0 Å². The number of aryl methyl sites for hydroxylation is 1. The Kier molecular flexibility index (Phi) is 5.49. The van der Waals surface area contributed by atoms with E-state index >= 15 is 0 Å². The summed E-state index contributed by atoms with van der Waals surface area (Å²) in [7, 11) is 0. The largest absolute Gasteiger partial charge is 0.416 e. The van der Waals surface area contributed by atoms with Gasteiger partial charge in [-0.05, 0) is 41.3 Å². The molecule has 3 aromatic rings. The van der Waals surface area contributed by atoms with Crippen molar-refractivity contribution >= 4 is 16.7 Å². The molecule has 0 aliphatic heterocycles. The van der Waals surface area contributed by atoms with Gasteiger partial charge < -0.3 is 5.32 Å². The van der Waals surface area contributed by atoms with E-state index in [1.807, 2.05) is 49.4 Å². The molecule has 0 saturated carbocycles. The first-order valence-electron chi connectivity index (χ1n) is 8.78. The molecular weight excluding hydrogens is 351 g/mol. The van der Waals surface area contributed by atoms with Gasteiger partial charge in [-0.25, -0.2) is 0 Å². The Bertz CT molecular complexity index is 944. The Morgan fingerprint density at radius 1 is 1.00 bits per heavy atom. The molecule has 0 aliphatic carbocycles. The fraction of sp³-hybridized carbons (Fsp3) is 0.227. The number of alkyl halides is 3. The summed E-state index contributed by atoms with van der Waals surface area (Å²) in [6.45, 7) is 1.91. The van der Waals surface area contributed by atoms with E-state index in [2.05, 4.69) is 5.32 Å². The number of amides is 1. The van der Waals surface area contributed by atoms with Crippen LogP contribution in [-0.2, 0) is 17.4 Å². The van der Waals surface area contributed by atoms with Crippen molar-refractivity contribution in [3.63, 3.8) is 0 Å². The van der Waals surface area contributed by atoms with Crippen LogP contribution in [0.4, 0.5) is 13.2 Å². The number of benzene rings is 3. The third-order valence-corrected chi connectivity index (χ3v) is 4.56. The molecule has 0 spiro atoms. The van der Waals surface area contributed by atoms with E-state index in [4.69, 9.17) is 0 Å². The van der Waals surface area contributed by atoms with Crippen molar-refractivity contribution < 1.29 is 18.0 Å². The number of nitrogens with one attached hydrogen (secondary N) is 1. The summed E-state index contributed by atoms with van der Waals surface area (Å²) in [6, 6.07) is 18.8. The maximum Gasteiger partial charge on any atom is 0.416 e. The summed E-state index contributed by atoms with van der Waals surface area (Å²) in [4.78, 5) is 12.3. The average Bonchev–Trinajstić information content (AvgIpc) is 2.65. The lowest BCUT2D eigenvalue weighted by molar-refractivity contribution is -0.137. The van der Waals surface area contributed by atoms with Gasteiger partial charge in [-0.15, -0.1) is 0 Å². The number of halogens is 3. The van der Waals surface area contributed by atoms with Crippen molar-refractivity contribution in [1.82, 2.24) is 5.32 Å². The SMILES string of the molecule is C[C@@H](NC(=O)CCc1cccc(C(F)(F)F)c1)c1cccc2ccccc12. The number of carbonyl (C=O) groups excluding carboxylic acids is 1. The topological polar surface area (TPSA) is 29.1 Å². The summed E-state index contributed by atoms with van der Waals surface area (Å²) >= 11 is 0. The monoisotopic (exact) mass is 371 g/mol. The molecule has 0 radical (unpaired) electrons. The van der Waals surface area contributed by atoms with Crippen LogP contribution in [0.5, 0.6) is 0 Å². The van der Waals surface area contributed by atoms with Gasteiger partial charge in [-0.3, -0.25) is 4.79 Å². The molecule has 3 rings (SSSR count). The molecular formula is C22H20F3NO. The van der Waals surface area contributed by atoms with Crippen LogP contribution in [0.15, 0.2) is 66.7 Å². The molecule has 27 heavy (non-hydrogen) atoms. The van der Waals surface area contributed by atoms with E-state index in [0.29, 0.717) is 5.56 Å². The molecule has 0 fully saturated rings. The van der Waals surface area contributed by atoms with Gasteiger partial charge in [0.25, 0.3) is 0 Å². The van der Waals surface area contributed by atoms with Crippen LogP contribution in [-0.4, -0.2) is 5.91 Å². The van der Waals surface area contributed by atoms with Crippen LogP contribution in [0.25, 0.3) is 10.8 Å². The first-order chi connectivity index (χ1) is 12.8. The van der Waals surface area contributed by atoms with E-state index in [0.717, 1.165) is 28.5 Å².